The van der Waals surface area contributed by atoms with Gasteiger partial charge in [-0.1, -0.05) is 35.9 Å². The second-order valence-corrected chi connectivity index (χ2v) is 6.23. The molecule has 0 saturated carbocycles. The van der Waals surface area contributed by atoms with Gasteiger partial charge >= 0.3 is 68.9 Å². The average molecular weight is 479 g/mol. The molecule has 0 radical (unpaired) electrons. The van der Waals surface area contributed by atoms with Crippen molar-refractivity contribution in [1.29, 1.82) is 0 Å². The summed E-state index contributed by atoms with van der Waals surface area (Å²) in [5, 5.41) is 0. The van der Waals surface area contributed by atoms with Gasteiger partial charge in [-0.25, -0.2) is 0 Å². The van der Waals surface area contributed by atoms with Gasteiger partial charge in [0.2, 0.25) is 0 Å². The summed E-state index contributed by atoms with van der Waals surface area (Å²) < 4.78 is 2.72. The summed E-state index contributed by atoms with van der Waals surface area (Å²) >= 11 is 4.82. The van der Waals surface area contributed by atoms with E-state index < -0.39 is 0 Å². The van der Waals surface area contributed by atoms with Crippen LogP contribution in [0, 0.1) is 6.92 Å². The molecule has 0 fully saturated rings. The van der Waals surface area contributed by atoms with Gasteiger partial charge in [0.1, 0.15) is 0 Å². The van der Waals surface area contributed by atoms with E-state index in [1.165, 1.54) is 5.57 Å². The van der Waals surface area contributed by atoms with Crippen molar-refractivity contribution in [2.24, 2.45) is 4.99 Å². The van der Waals surface area contributed by atoms with E-state index in [1.807, 2.05) is 42.7 Å². The summed E-state index contributed by atoms with van der Waals surface area (Å²) in [4.78, 5) is 9.09. The molecule has 1 N–H and O–H groups in total. The summed E-state index contributed by atoms with van der Waals surface area (Å²) in [6.45, 7) is 4.15. The van der Waals surface area contributed by atoms with Crippen LogP contribution in [0.5, 0.6) is 0 Å². The second kappa shape index (κ2) is 10.7. The molecule has 0 unspecified atom stereocenters. The quantitative estimate of drug-likeness (QED) is 0.683. The molecule has 126 valence electrons. The van der Waals surface area contributed by atoms with Gasteiger partial charge in [0.25, 0.3) is 0 Å². The van der Waals surface area contributed by atoms with Crippen molar-refractivity contribution >= 4 is 36.4 Å². The molecule has 3 nitrogen and oxygen atoms in total. The largest absolute Gasteiger partial charge is 1.00 e. The number of hydrogen-bond donors (Lipinski definition) is 1. The zero-order valence-electron chi connectivity index (χ0n) is 15.4. The fraction of sp³-hybridized carbons (Fsp3) is 0.143. The van der Waals surface area contributed by atoms with E-state index in [-0.39, 0.29) is 68.9 Å². The van der Waals surface area contributed by atoms with Gasteiger partial charge in [-0.3, -0.25) is 9.98 Å². The fourth-order valence-corrected chi connectivity index (χ4v) is 2.65. The van der Waals surface area contributed by atoms with Gasteiger partial charge in [0.15, 0.2) is 0 Å². The summed E-state index contributed by atoms with van der Waals surface area (Å²) in [6, 6.07) is 10.1. The molecule has 1 aliphatic heterocycles. The third kappa shape index (κ3) is 5.99. The monoisotopic (exact) mass is 479 g/mol. The first-order valence-corrected chi connectivity index (χ1v) is 8.60. The van der Waals surface area contributed by atoms with Gasteiger partial charge < -0.3 is 17.5 Å². The van der Waals surface area contributed by atoms with Crippen molar-refractivity contribution in [1.82, 2.24) is 4.98 Å². The third-order valence-corrected chi connectivity index (χ3v) is 4.35. The minimum Gasteiger partial charge on any atom is -0.670 e. The summed E-state index contributed by atoms with van der Waals surface area (Å²) in [6.07, 6.45) is 13.0. The van der Waals surface area contributed by atoms with Crippen LogP contribution in [0.1, 0.15) is 35.7 Å². The molecule has 0 aliphatic carbocycles. The second-order valence-electron chi connectivity index (χ2n) is 6.03. The van der Waals surface area contributed by atoms with Crippen molar-refractivity contribution in [3.05, 3.63) is 82.8 Å². The molecule has 26 heavy (non-hydrogen) atoms. The van der Waals surface area contributed by atoms with E-state index >= 15 is 0 Å². The van der Waals surface area contributed by atoms with Crippen molar-refractivity contribution in [3.63, 3.8) is 0 Å². The van der Waals surface area contributed by atoms with Crippen molar-refractivity contribution in [3.8, 4) is 0 Å². The molecule has 1 aromatic carbocycles. The Bertz CT molecular complexity index is 878. The molecule has 0 saturated heterocycles. The van der Waals surface area contributed by atoms with Crippen LogP contribution >= 0.6 is 0 Å². The molecular formula is C21H20CsN3S. The molecule has 0 bridgehead atoms. The number of hydrogen-bond acceptors (Lipinski definition) is 4. The average Bonchev–Trinajstić information content (AvgIpc) is 2.86. The fourth-order valence-electron chi connectivity index (χ4n) is 2.52. The van der Waals surface area contributed by atoms with E-state index in [4.69, 9.17) is 12.8 Å². The number of anilines is 1. The van der Waals surface area contributed by atoms with Gasteiger partial charge in [0.05, 0.1) is 11.4 Å². The smallest absolute Gasteiger partial charge is 0.670 e. The molecule has 0 atom stereocenters. The van der Waals surface area contributed by atoms with Crippen LogP contribution in [0.15, 0.2) is 65.4 Å². The molecular weight excluding hydrogens is 459 g/mol. The van der Waals surface area contributed by atoms with Crippen LogP contribution in [0.2, 0.25) is 0 Å². The Morgan fingerprint density at radius 2 is 1.88 bits per heavy atom. The van der Waals surface area contributed by atoms with Crippen molar-refractivity contribution < 1.29 is 68.9 Å². The molecule has 2 aromatic rings. The van der Waals surface area contributed by atoms with Crippen LogP contribution in [0.3, 0.4) is 0 Å². The Hall–Kier alpha value is -0.538. The minimum absolute atomic E-state index is 0. The van der Waals surface area contributed by atoms with Crippen LogP contribution in [0.4, 0.5) is 5.69 Å². The first-order chi connectivity index (χ1) is 12.2. The standard InChI is InChI=1S/C21H20N3S.Cs/c1-15-3-10-20(22-12-11-15)21-13-18(16(2)14-23-21)7-4-17-5-8-19(24-25)9-6-17;/h3-9,11-14,24H,10H2,1-2H3;/q-1;+1/b7-4+;. The molecule has 3 rings (SSSR count). The Balaban J connectivity index is 0.00000243. The van der Waals surface area contributed by atoms with Gasteiger partial charge in [-0.15, -0.1) is 0 Å². The summed E-state index contributed by atoms with van der Waals surface area (Å²) in [5.41, 5.74) is 7.47. The van der Waals surface area contributed by atoms with Crippen LogP contribution in [0.25, 0.3) is 12.2 Å². The Morgan fingerprint density at radius 3 is 2.62 bits per heavy atom. The molecule has 5 heteroatoms. The number of pyridine rings is 1. The topological polar surface area (TPSA) is 37.3 Å². The Kier molecular flexibility index (Phi) is 8.96. The number of benzene rings is 1. The predicted octanol–water partition coefficient (Wildman–Crippen LogP) is 2.09. The van der Waals surface area contributed by atoms with Gasteiger partial charge in [0, 0.05) is 24.5 Å². The number of nitrogens with one attached hydrogen (secondary N) is 1. The summed E-state index contributed by atoms with van der Waals surface area (Å²) in [5.74, 6) is 0. The Labute approximate surface area is 219 Å². The van der Waals surface area contributed by atoms with E-state index in [0.29, 0.717) is 0 Å². The first kappa shape index (κ1) is 21.8. The van der Waals surface area contributed by atoms with Crippen LogP contribution < -0.4 is 73.6 Å². The molecule has 1 aliphatic rings. The van der Waals surface area contributed by atoms with Crippen LogP contribution in [-0.2, 0) is 12.8 Å². The van der Waals surface area contributed by atoms with Gasteiger partial charge in [-0.2, -0.15) is 0 Å². The molecule has 1 aromatic heterocycles. The normalized spacial score (nSPS) is 13.7. The third-order valence-electron chi connectivity index (χ3n) is 4.11. The zero-order valence-corrected chi connectivity index (χ0v) is 22.5. The first-order valence-electron chi connectivity index (χ1n) is 8.19. The number of aromatic nitrogens is 1. The SMILES string of the molecule is CC1=CCC(c2cc(/C=C/c3ccc(N[S-])cc3)c(C)cn2)=NC=C1.[Cs+]. The van der Waals surface area contributed by atoms with Crippen molar-refractivity contribution in [2.45, 2.75) is 20.3 Å². The van der Waals surface area contributed by atoms with E-state index in [0.717, 1.165) is 40.2 Å². The number of aliphatic imine (C=N–C) groups is 1. The Morgan fingerprint density at radius 1 is 1.12 bits per heavy atom. The maximum atomic E-state index is 4.82. The minimum atomic E-state index is 0. The zero-order chi connectivity index (χ0) is 17.6. The number of rotatable bonds is 4. The molecule has 0 spiro atoms. The molecule has 0 amide bonds. The number of allylic oxidation sites excluding steroid dienone is 3. The van der Waals surface area contributed by atoms with Crippen molar-refractivity contribution in [2.75, 3.05) is 4.72 Å². The summed E-state index contributed by atoms with van der Waals surface area (Å²) in [7, 11) is 0. The number of aryl methyl sites for hydroxylation is 1. The molecule has 2 heterocycles. The van der Waals surface area contributed by atoms with E-state index in [1.54, 1.807) is 0 Å². The number of nitrogens with zero attached hydrogens (tertiary/aromatic N) is 2. The maximum Gasteiger partial charge on any atom is 1.00 e. The van der Waals surface area contributed by atoms with Gasteiger partial charge in [-0.05, 0) is 54.8 Å². The van der Waals surface area contributed by atoms with E-state index in [2.05, 4.69) is 52.8 Å². The predicted molar refractivity (Wildman–Crippen MR) is 109 cm³/mol. The van der Waals surface area contributed by atoms with E-state index in [9.17, 15) is 0 Å². The maximum absolute atomic E-state index is 4.82. The van der Waals surface area contributed by atoms with Crippen LogP contribution in [-0.4, -0.2) is 10.7 Å².